The van der Waals surface area contributed by atoms with E-state index in [1.54, 1.807) is 31.7 Å². The number of anilines is 1. The standard InChI is InChI=1S/C28H37F3N6O3/c1-27(2,3)40-25(38)23-8-9-37(32-23)26(39)36-12-10-33(11-13-36)19-20-4-5-21(28(29,30)31)18-24(20)35-16-14-34(15-17-35)22-6-7-22/h4-5,8-9,18,22H,6-7,10-17,19H2,1-3H3. The maximum Gasteiger partial charge on any atom is 0.416 e. The summed E-state index contributed by atoms with van der Waals surface area (Å²) in [5.74, 6) is -0.592. The summed E-state index contributed by atoms with van der Waals surface area (Å²) in [6.07, 6.45) is -0.514. The molecule has 0 spiro atoms. The highest BCUT2D eigenvalue weighted by Gasteiger charge is 2.34. The van der Waals surface area contributed by atoms with Gasteiger partial charge in [0, 0.05) is 76.8 Å². The monoisotopic (exact) mass is 562 g/mol. The van der Waals surface area contributed by atoms with Crippen molar-refractivity contribution in [1.82, 2.24) is 24.5 Å². The highest BCUT2D eigenvalue weighted by molar-refractivity contribution is 5.88. The highest BCUT2D eigenvalue weighted by Crippen LogP contribution is 2.35. The van der Waals surface area contributed by atoms with Gasteiger partial charge in [0.2, 0.25) is 0 Å². The Morgan fingerprint density at radius 1 is 0.950 bits per heavy atom. The van der Waals surface area contributed by atoms with E-state index < -0.39 is 23.3 Å². The van der Waals surface area contributed by atoms with Gasteiger partial charge < -0.3 is 14.5 Å². The molecule has 1 saturated carbocycles. The predicted molar refractivity (Wildman–Crippen MR) is 143 cm³/mol. The van der Waals surface area contributed by atoms with Gasteiger partial charge in [-0.15, -0.1) is 0 Å². The molecule has 3 heterocycles. The number of hydrogen-bond donors (Lipinski definition) is 0. The summed E-state index contributed by atoms with van der Waals surface area (Å²) in [4.78, 5) is 33.6. The van der Waals surface area contributed by atoms with Crippen LogP contribution >= 0.6 is 0 Å². The zero-order valence-electron chi connectivity index (χ0n) is 23.3. The molecule has 0 atom stereocenters. The molecule has 40 heavy (non-hydrogen) atoms. The second kappa shape index (κ2) is 11.0. The molecule has 0 radical (unpaired) electrons. The van der Waals surface area contributed by atoms with E-state index in [2.05, 4.69) is 19.8 Å². The Hall–Kier alpha value is -3.12. The van der Waals surface area contributed by atoms with E-state index in [-0.39, 0.29) is 11.7 Å². The van der Waals surface area contributed by atoms with Gasteiger partial charge in [0.25, 0.3) is 0 Å². The second-order valence-electron chi connectivity index (χ2n) is 11.8. The maximum atomic E-state index is 13.6. The van der Waals surface area contributed by atoms with Crippen molar-refractivity contribution in [3.63, 3.8) is 0 Å². The quantitative estimate of drug-likeness (QED) is 0.512. The number of aromatic nitrogens is 2. The number of halogens is 3. The number of ether oxygens (including phenoxy) is 1. The fourth-order valence-corrected chi connectivity index (χ4v) is 5.29. The minimum absolute atomic E-state index is 0.0645. The first-order chi connectivity index (χ1) is 18.9. The van der Waals surface area contributed by atoms with Crippen molar-refractivity contribution in [3.05, 3.63) is 47.3 Å². The molecular weight excluding hydrogens is 525 g/mol. The SMILES string of the molecule is CC(C)(C)OC(=O)c1ccn(C(=O)N2CCN(Cc3ccc(C(F)(F)F)cc3N3CCN(C4CC4)CC3)CC2)n1. The average Bonchev–Trinajstić information content (AvgIpc) is 3.63. The Morgan fingerprint density at radius 3 is 2.23 bits per heavy atom. The molecule has 0 unspecified atom stereocenters. The molecule has 2 aliphatic heterocycles. The van der Waals surface area contributed by atoms with Crippen LogP contribution in [-0.4, -0.2) is 100 Å². The summed E-state index contributed by atoms with van der Waals surface area (Å²) < 4.78 is 47.2. The molecule has 1 aliphatic carbocycles. The van der Waals surface area contributed by atoms with Gasteiger partial charge in [-0.3, -0.25) is 9.80 Å². The normalized spacial score (nSPS) is 19.6. The van der Waals surface area contributed by atoms with Crippen molar-refractivity contribution in [3.8, 4) is 0 Å². The third kappa shape index (κ3) is 6.77. The van der Waals surface area contributed by atoms with Gasteiger partial charge in [-0.2, -0.15) is 23.0 Å². The van der Waals surface area contributed by atoms with Gasteiger partial charge >= 0.3 is 18.2 Å². The van der Waals surface area contributed by atoms with Gasteiger partial charge in [0.1, 0.15) is 5.60 Å². The number of piperazine rings is 2. The lowest BCUT2D eigenvalue weighted by atomic mass is 10.1. The third-order valence-electron chi connectivity index (χ3n) is 7.56. The molecule has 1 aromatic carbocycles. The van der Waals surface area contributed by atoms with E-state index in [0.29, 0.717) is 57.5 Å². The van der Waals surface area contributed by atoms with Gasteiger partial charge in [0.15, 0.2) is 5.69 Å². The van der Waals surface area contributed by atoms with E-state index >= 15 is 0 Å². The fraction of sp³-hybridized carbons (Fsp3) is 0.607. The van der Waals surface area contributed by atoms with Crippen LogP contribution in [0.5, 0.6) is 0 Å². The third-order valence-corrected chi connectivity index (χ3v) is 7.56. The predicted octanol–water partition coefficient (Wildman–Crippen LogP) is 3.93. The lowest BCUT2D eigenvalue weighted by Crippen LogP contribution is -2.50. The number of alkyl halides is 3. The number of carbonyl (C=O) groups is 2. The van der Waals surface area contributed by atoms with Gasteiger partial charge in [0.05, 0.1) is 5.56 Å². The Morgan fingerprint density at radius 2 is 1.62 bits per heavy atom. The summed E-state index contributed by atoms with van der Waals surface area (Å²) in [5, 5.41) is 4.10. The first kappa shape index (κ1) is 28.4. The maximum absolute atomic E-state index is 13.6. The minimum Gasteiger partial charge on any atom is -0.455 e. The molecule has 3 aliphatic rings. The number of esters is 1. The molecule has 3 fully saturated rings. The summed E-state index contributed by atoms with van der Waals surface area (Å²) in [6.45, 7) is 11.0. The number of nitrogens with zero attached hydrogens (tertiary/aromatic N) is 6. The number of hydrogen-bond acceptors (Lipinski definition) is 7. The van der Waals surface area contributed by atoms with E-state index in [9.17, 15) is 22.8 Å². The van der Waals surface area contributed by atoms with Crippen molar-refractivity contribution in [2.75, 3.05) is 57.3 Å². The van der Waals surface area contributed by atoms with Gasteiger partial charge in [-0.1, -0.05) is 6.07 Å². The Labute approximate surface area is 232 Å². The molecular formula is C28H37F3N6O3. The summed E-state index contributed by atoms with van der Waals surface area (Å²) in [5.41, 5.74) is 0.279. The minimum atomic E-state index is -4.40. The topological polar surface area (TPSA) is 74.2 Å². The van der Waals surface area contributed by atoms with Crippen LogP contribution in [0.3, 0.4) is 0 Å². The molecule has 218 valence electrons. The Kier molecular flexibility index (Phi) is 7.84. The second-order valence-corrected chi connectivity index (χ2v) is 11.8. The van der Waals surface area contributed by atoms with Gasteiger partial charge in [-0.05, 0) is 57.4 Å². The molecule has 2 aromatic rings. The van der Waals surface area contributed by atoms with Crippen LogP contribution in [0.2, 0.25) is 0 Å². The first-order valence-electron chi connectivity index (χ1n) is 13.9. The zero-order valence-corrected chi connectivity index (χ0v) is 23.3. The van der Waals surface area contributed by atoms with Crippen molar-refractivity contribution >= 4 is 17.7 Å². The van der Waals surface area contributed by atoms with Crippen LogP contribution in [0.1, 0.15) is 55.2 Å². The molecule has 0 N–H and O–H groups in total. The van der Waals surface area contributed by atoms with Crippen LogP contribution in [0, 0.1) is 0 Å². The van der Waals surface area contributed by atoms with E-state index in [0.717, 1.165) is 23.3 Å². The first-order valence-corrected chi connectivity index (χ1v) is 13.9. The van der Waals surface area contributed by atoms with Crippen molar-refractivity contribution in [2.45, 2.75) is 58.0 Å². The van der Waals surface area contributed by atoms with Crippen LogP contribution in [0.15, 0.2) is 30.5 Å². The number of amides is 1. The summed E-state index contributed by atoms with van der Waals surface area (Å²) in [6, 6.07) is 5.83. The molecule has 5 rings (SSSR count). The molecule has 9 nitrogen and oxygen atoms in total. The molecule has 0 bridgehead atoms. The summed E-state index contributed by atoms with van der Waals surface area (Å²) >= 11 is 0. The Bertz CT molecular complexity index is 1220. The van der Waals surface area contributed by atoms with Gasteiger partial charge in [-0.25, -0.2) is 9.59 Å². The highest BCUT2D eigenvalue weighted by atomic mass is 19.4. The summed E-state index contributed by atoms with van der Waals surface area (Å²) in [7, 11) is 0. The number of rotatable bonds is 5. The lowest BCUT2D eigenvalue weighted by Gasteiger charge is -2.39. The smallest absolute Gasteiger partial charge is 0.416 e. The number of carbonyl (C=O) groups excluding carboxylic acids is 2. The van der Waals surface area contributed by atoms with Crippen molar-refractivity contribution in [2.24, 2.45) is 0 Å². The van der Waals surface area contributed by atoms with E-state index in [4.69, 9.17) is 4.74 Å². The molecule has 1 aromatic heterocycles. The number of benzene rings is 1. The molecule has 1 amide bonds. The van der Waals surface area contributed by atoms with Crippen LogP contribution in [0.4, 0.5) is 23.7 Å². The fourth-order valence-electron chi connectivity index (χ4n) is 5.29. The van der Waals surface area contributed by atoms with Crippen LogP contribution < -0.4 is 4.90 Å². The van der Waals surface area contributed by atoms with Crippen molar-refractivity contribution < 1.29 is 27.5 Å². The average molecular weight is 563 g/mol. The van der Waals surface area contributed by atoms with Crippen LogP contribution in [0.25, 0.3) is 0 Å². The lowest BCUT2D eigenvalue weighted by molar-refractivity contribution is -0.137. The largest absolute Gasteiger partial charge is 0.455 e. The zero-order chi connectivity index (χ0) is 28.7. The molecule has 2 saturated heterocycles. The van der Waals surface area contributed by atoms with E-state index in [1.807, 2.05) is 0 Å². The van der Waals surface area contributed by atoms with Crippen molar-refractivity contribution in [1.29, 1.82) is 0 Å². The molecule has 12 heteroatoms. The van der Waals surface area contributed by atoms with E-state index in [1.165, 1.54) is 37.2 Å². The van der Waals surface area contributed by atoms with Crippen LogP contribution in [-0.2, 0) is 17.5 Å². The Balaban J connectivity index is 1.21.